The molecule has 0 bridgehead atoms. The second-order valence-corrected chi connectivity index (χ2v) is 21.0. The van der Waals surface area contributed by atoms with Crippen LogP contribution in [-0.4, -0.2) is 37.2 Å². The van der Waals surface area contributed by atoms with E-state index in [1.165, 1.54) is 257 Å². The molecule has 1 atom stereocenters. The highest BCUT2D eigenvalue weighted by atomic mass is 16.6. The van der Waals surface area contributed by atoms with Crippen molar-refractivity contribution >= 4 is 17.9 Å². The molecular formula is C61H118O6. The maximum atomic E-state index is 12.9. The van der Waals surface area contributed by atoms with E-state index >= 15 is 0 Å². The van der Waals surface area contributed by atoms with E-state index in [2.05, 4.69) is 20.8 Å². The topological polar surface area (TPSA) is 78.9 Å². The van der Waals surface area contributed by atoms with Crippen LogP contribution in [0.3, 0.4) is 0 Å². The Morgan fingerprint density at radius 1 is 0.239 bits per heavy atom. The lowest BCUT2D eigenvalue weighted by atomic mass is 10.0. The molecule has 0 fully saturated rings. The first-order valence-corrected chi connectivity index (χ1v) is 30.5. The van der Waals surface area contributed by atoms with Crippen molar-refractivity contribution < 1.29 is 28.6 Å². The summed E-state index contributed by atoms with van der Waals surface area (Å²) < 4.78 is 16.9. The van der Waals surface area contributed by atoms with Crippen LogP contribution in [-0.2, 0) is 28.6 Å². The van der Waals surface area contributed by atoms with Crippen molar-refractivity contribution in [3.8, 4) is 0 Å². The van der Waals surface area contributed by atoms with E-state index in [-0.39, 0.29) is 31.1 Å². The second-order valence-electron chi connectivity index (χ2n) is 21.0. The van der Waals surface area contributed by atoms with Crippen LogP contribution in [0.4, 0.5) is 0 Å². The Balaban J connectivity index is 4.25. The van der Waals surface area contributed by atoms with Gasteiger partial charge in [-0.1, -0.05) is 316 Å². The van der Waals surface area contributed by atoms with Gasteiger partial charge < -0.3 is 14.2 Å². The molecule has 0 aliphatic carbocycles. The van der Waals surface area contributed by atoms with Crippen molar-refractivity contribution in [2.24, 2.45) is 0 Å². The molecule has 1 unspecified atom stereocenters. The molecule has 0 aromatic rings. The van der Waals surface area contributed by atoms with Crippen LogP contribution in [0.15, 0.2) is 0 Å². The molecular weight excluding hydrogens is 829 g/mol. The van der Waals surface area contributed by atoms with Crippen LogP contribution in [0, 0.1) is 0 Å². The van der Waals surface area contributed by atoms with Gasteiger partial charge in [-0.3, -0.25) is 14.4 Å². The number of hydrogen-bond acceptors (Lipinski definition) is 6. The molecule has 0 saturated carbocycles. The smallest absolute Gasteiger partial charge is 0.306 e. The van der Waals surface area contributed by atoms with Crippen molar-refractivity contribution in [1.29, 1.82) is 0 Å². The Morgan fingerprint density at radius 3 is 0.597 bits per heavy atom. The number of rotatable bonds is 57. The van der Waals surface area contributed by atoms with Gasteiger partial charge in [-0.25, -0.2) is 0 Å². The molecule has 0 N–H and O–H groups in total. The number of esters is 3. The van der Waals surface area contributed by atoms with Gasteiger partial charge in [-0.15, -0.1) is 0 Å². The summed E-state index contributed by atoms with van der Waals surface area (Å²) in [7, 11) is 0. The molecule has 0 aliphatic heterocycles. The van der Waals surface area contributed by atoms with Gasteiger partial charge in [0.15, 0.2) is 6.10 Å². The lowest BCUT2D eigenvalue weighted by molar-refractivity contribution is -0.167. The first-order valence-electron chi connectivity index (χ1n) is 30.5. The zero-order chi connectivity index (χ0) is 48.6. The van der Waals surface area contributed by atoms with E-state index in [0.717, 1.165) is 57.8 Å². The van der Waals surface area contributed by atoms with E-state index in [9.17, 15) is 14.4 Å². The van der Waals surface area contributed by atoms with Crippen molar-refractivity contribution in [2.75, 3.05) is 13.2 Å². The maximum Gasteiger partial charge on any atom is 0.306 e. The van der Waals surface area contributed by atoms with Crippen molar-refractivity contribution in [3.63, 3.8) is 0 Å². The van der Waals surface area contributed by atoms with E-state index in [1.54, 1.807) is 0 Å². The fourth-order valence-electron chi connectivity index (χ4n) is 9.51. The molecule has 6 nitrogen and oxygen atoms in total. The lowest BCUT2D eigenvalue weighted by Gasteiger charge is -2.18. The lowest BCUT2D eigenvalue weighted by Crippen LogP contribution is -2.30. The Hall–Kier alpha value is -1.59. The number of hydrogen-bond donors (Lipinski definition) is 0. The van der Waals surface area contributed by atoms with Gasteiger partial charge >= 0.3 is 17.9 Å². The van der Waals surface area contributed by atoms with Crippen LogP contribution in [0.1, 0.15) is 355 Å². The second kappa shape index (κ2) is 57.0. The fourth-order valence-corrected chi connectivity index (χ4v) is 9.51. The summed E-state index contributed by atoms with van der Waals surface area (Å²) >= 11 is 0. The van der Waals surface area contributed by atoms with Crippen LogP contribution < -0.4 is 0 Å². The standard InChI is InChI=1S/C61H118O6/c1-4-7-10-13-16-19-22-25-27-29-30-31-32-34-36-39-42-45-48-51-54-60(63)66-57-58(56-65-59(62)53-50-47-44-41-38-35-24-21-18-15-12-9-6-3)67-61(64)55-52-49-46-43-40-37-33-28-26-23-20-17-14-11-8-5-2/h58H,4-57H2,1-3H3. The third-order valence-corrected chi connectivity index (χ3v) is 14.1. The Morgan fingerprint density at radius 2 is 0.403 bits per heavy atom. The summed E-state index contributed by atoms with van der Waals surface area (Å²) in [5.74, 6) is -0.829. The normalized spacial score (nSPS) is 11.9. The SMILES string of the molecule is CCCCCCCCCCCCCCCCCCCCCCC(=O)OCC(COC(=O)CCCCCCCCCCCCCCC)OC(=O)CCCCCCCCCCCCCCCCCC. The summed E-state index contributed by atoms with van der Waals surface area (Å²) in [5.41, 5.74) is 0. The number of ether oxygens (including phenoxy) is 3. The van der Waals surface area contributed by atoms with Crippen molar-refractivity contribution in [3.05, 3.63) is 0 Å². The Bertz CT molecular complexity index is 998. The minimum atomic E-state index is -0.761. The van der Waals surface area contributed by atoms with E-state index < -0.39 is 6.10 Å². The quantitative estimate of drug-likeness (QED) is 0.0343. The Labute approximate surface area is 418 Å². The summed E-state index contributed by atoms with van der Waals surface area (Å²) in [6, 6.07) is 0. The summed E-state index contributed by atoms with van der Waals surface area (Å²) in [4.78, 5) is 38.2. The molecule has 67 heavy (non-hydrogen) atoms. The third kappa shape index (κ3) is 55.2. The molecule has 0 aromatic heterocycles. The van der Waals surface area contributed by atoms with Crippen LogP contribution in [0.2, 0.25) is 0 Å². The van der Waals surface area contributed by atoms with Gasteiger partial charge in [0.1, 0.15) is 13.2 Å². The van der Waals surface area contributed by atoms with E-state index in [4.69, 9.17) is 14.2 Å². The zero-order valence-electron chi connectivity index (χ0n) is 45.7. The highest BCUT2D eigenvalue weighted by molar-refractivity contribution is 5.71. The van der Waals surface area contributed by atoms with Crippen LogP contribution in [0.25, 0.3) is 0 Å². The van der Waals surface area contributed by atoms with Gasteiger partial charge in [0.05, 0.1) is 0 Å². The maximum absolute atomic E-state index is 12.9. The molecule has 0 aliphatic rings. The van der Waals surface area contributed by atoms with Crippen LogP contribution in [0.5, 0.6) is 0 Å². The minimum Gasteiger partial charge on any atom is -0.462 e. The van der Waals surface area contributed by atoms with E-state index in [1.807, 2.05) is 0 Å². The number of carbonyl (C=O) groups excluding carboxylic acids is 3. The summed E-state index contributed by atoms with van der Waals surface area (Å²) in [5, 5.41) is 0. The summed E-state index contributed by atoms with van der Waals surface area (Å²) in [6.07, 6.45) is 63.8. The highest BCUT2D eigenvalue weighted by Crippen LogP contribution is 2.18. The van der Waals surface area contributed by atoms with Crippen molar-refractivity contribution in [2.45, 2.75) is 361 Å². The van der Waals surface area contributed by atoms with E-state index in [0.29, 0.717) is 19.3 Å². The molecule has 0 spiro atoms. The molecule has 6 heteroatoms. The first-order chi connectivity index (χ1) is 33.0. The van der Waals surface area contributed by atoms with Gasteiger partial charge in [-0.2, -0.15) is 0 Å². The molecule has 0 radical (unpaired) electrons. The predicted molar refractivity (Wildman–Crippen MR) is 289 cm³/mol. The largest absolute Gasteiger partial charge is 0.462 e. The monoisotopic (exact) mass is 947 g/mol. The van der Waals surface area contributed by atoms with Gasteiger partial charge in [-0.05, 0) is 19.3 Å². The molecule has 0 saturated heterocycles. The highest BCUT2D eigenvalue weighted by Gasteiger charge is 2.19. The molecule has 0 aromatic carbocycles. The predicted octanol–water partition coefficient (Wildman–Crippen LogP) is 20.3. The third-order valence-electron chi connectivity index (χ3n) is 14.1. The fraction of sp³-hybridized carbons (Fsp3) is 0.951. The minimum absolute atomic E-state index is 0.0608. The molecule has 0 heterocycles. The number of carbonyl (C=O) groups is 3. The van der Waals surface area contributed by atoms with Crippen LogP contribution >= 0.6 is 0 Å². The van der Waals surface area contributed by atoms with Gasteiger partial charge in [0, 0.05) is 19.3 Å². The van der Waals surface area contributed by atoms with Gasteiger partial charge in [0.25, 0.3) is 0 Å². The molecule has 0 amide bonds. The molecule has 0 rings (SSSR count). The Kier molecular flexibility index (Phi) is 55.6. The molecule has 398 valence electrons. The first kappa shape index (κ1) is 65.4. The summed E-state index contributed by atoms with van der Waals surface area (Å²) in [6.45, 7) is 6.72. The average molecular weight is 948 g/mol. The number of unbranched alkanes of at least 4 members (excludes halogenated alkanes) is 46. The van der Waals surface area contributed by atoms with Crippen molar-refractivity contribution in [1.82, 2.24) is 0 Å². The average Bonchev–Trinajstić information content (AvgIpc) is 3.33. The van der Waals surface area contributed by atoms with Gasteiger partial charge in [0.2, 0.25) is 0 Å². The zero-order valence-corrected chi connectivity index (χ0v) is 45.7.